The van der Waals surface area contributed by atoms with Crippen LogP contribution in [0.3, 0.4) is 0 Å². The molecule has 0 aromatic heterocycles. The van der Waals surface area contributed by atoms with Gasteiger partial charge in [-0.2, -0.15) is 0 Å². The molecule has 17 heavy (non-hydrogen) atoms. The van der Waals surface area contributed by atoms with Crippen LogP contribution >= 0.6 is 0 Å². The summed E-state index contributed by atoms with van der Waals surface area (Å²) in [6.07, 6.45) is 9.45. The molecule has 0 aliphatic carbocycles. The summed E-state index contributed by atoms with van der Waals surface area (Å²) in [6, 6.07) is 0. The molecule has 0 heterocycles. The highest BCUT2D eigenvalue weighted by atomic mass is 16.5. The van der Waals surface area contributed by atoms with Crippen LogP contribution in [0.2, 0.25) is 0 Å². The number of allylic oxidation sites excluding steroid dienone is 1. The molecule has 0 aliphatic heterocycles. The number of carbonyl (C=O) groups excluding carboxylic acids is 1. The van der Waals surface area contributed by atoms with Crippen molar-refractivity contribution in [3.05, 3.63) is 11.6 Å². The standard InChI is InChI=1S/C14H26O3/c1-3-13(2)14(16)17-12-10-8-6-4-5-7-9-11-15/h3,15H,4-12H2,1-2H3. The van der Waals surface area contributed by atoms with Crippen molar-refractivity contribution in [3.63, 3.8) is 0 Å². The van der Waals surface area contributed by atoms with E-state index in [0.29, 0.717) is 18.8 Å². The van der Waals surface area contributed by atoms with Crippen LogP contribution in [0.25, 0.3) is 0 Å². The Bertz CT molecular complexity index is 222. The summed E-state index contributed by atoms with van der Waals surface area (Å²) in [6.45, 7) is 4.44. The molecule has 0 fully saturated rings. The topological polar surface area (TPSA) is 46.5 Å². The molecule has 0 amide bonds. The number of rotatable bonds is 10. The van der Waals surface area contributed by atoms with Crippen LogP contribution in [0.5, 0.6) is 0 Å². The second-order valence-electron chi connectivity index (χ2n) is 4.31. The number of hydrogen-bond acceptors (Lipinski definition) is 3. The molecule has 3 nitrogen and oxygen atoms in total. The quantitative estimate of drug-likeness (QED) is 0.363. The van der Waals surface area contributed by atoms with Gasteiger partial charge in [-0.3, -0.25) is 0 Å². The molecule has 0 radical (unpaired) electrons. The molecule has 0 bridgehead atoms. The van der Waals surface area contributed by atoms with Crippen molar-refractivity contribution >= 4 is 5.97 Å². The Morgan fingerprint density at radius 1 is 1.06 bits per heavy atom. The lowest BCUT2D eigenvalue weighted by atomic mass is 10.1. The average molecular weight is 242 g/mol. The maximum Gasteiger partial charge on any atom is 0.333 e. The first-order chi connectivity index (χ1) is 8.22. The molecular weight excluding hydrogens is 216 g/mol. The lowest BCUT2D eigenvalue weighted by molar-refractivity contribution is -0.139. The monoisotopic (exact) mass is 242 g/mol. The van der Waals surface area contributed by atoms with Crippen molar-refractivity contribution in [2.45, 2.75) is 58.8 Å². The predicted molar refractivity (Wildman–Crippen MR) is 69.8 cm³/mol. The van der Waals surface area contributed by atoms with E-state index in [-0.39, 0.29) is 5.97 Å². The molecular formula is C14H26O3. The highest BCUT2D eigenvalue weighted by Gasteiger charge is 2.03. The van der Waals surface area contributed by atoms with E-state index < -0.39 is 0 Å². The fourth-order valence-corrected chi connectivity index (χ4v) is 1.49. The van der Waals surface area contributed by atoms with E-state index in [1.807, 2.05) is 6.92 Å². The van der Waals surface area contributed by atoms with Crippen LogP contribution in [0.15, 0.2) is 11.6 Å². The van der Waals surface area contributed by atoms with Gasteiger partial charge >= 0.3 is 5.97 Å². The Kier molecular flexibility index (Phi) is 11.1. The minimum Gasteiger partial charge on any atom is -0.462 e. The molecule has 0 atom stereocenters. The SMILES string of the molecule is CC=C(C)C(=O)OCCCCCCCCCO. The van der Waals surface area contributed by atoms with Gasteiger partial charge < -0.3 is 9.84 Å². The van der Waals surface area contributed by atoms with Gasteiger partial charge in [0.15, 0.2) is 0 Å². The Hall–Kier alpha value is -0.830. The third kappa shape index (κ3) is 10.1. The molecule has 0 spiro atoms. The van der Waals surface area contributed by atoms with Gasteiger partial charge in [-0.25, -0.2) is 4.79 Å². The highest BCUT2D eigenvalue weighted by Crippen LogP contribution is 2.07. The third-order valence-corrected chi connectivity index (χ3v) is 2.79. The maximum atomic E-state index is 11.3. The van der Waals surface area contributed by atoms with Crippen LogP contribution in [0.1, 0.15) is 58.8 Å². The summed E-state index contributed by atoms with van der Waals surface area (Å²) in [5.74, 6) is -0.199. The Morgan fingerprint density at radius 3 is 2.12 bits per heavy atom. The fourth-order valence-electron chi connectivity index (χ4n) is 1.49. The number of aliphatic hydroxyl groups is 1. The molecule has 0 saturated heterocycles. The van der Waals surface area contributed by atoms with Gasteiger partial charge in [0.25, 0.3) is 0 Å². The minimum atomic E-state index is -0.199. The van der Waals surface area contributed by atoms with Crippen molar-refractivity contribution in [1.82, 2.24) is 0 Å². The van der Waals surface area contributed by atoms with Crippen LogP contribution < -0.4 is 0 Å². The van der Waals surface area contributed by atoms with Gasteiger partial charge in [-0.15, -0.1) is 0 Å². The van der Waals surface area contributed by atoms with Crippen molar-refractivity contribution in [3.8, 4) is 0 Å². The number of esters is 1. The molecule has 0 unspecified atom stereocenters. The smallest absolute Gasteiger partial charge is 0.333 e. The second-order valence-corrected chi connectivity index (χ2v) is 4.31. The fraction of sp³-hybridized carbons (Fsp3) is 0.786. The largest absolute Gasteiger partial charge is 0.462 e. The summed E-state index contributed by atoms with van der Waals surface area (Å²) < 4.78 is 5.10. The van der Waals surface area contributed by atoms with Crippen molar-refractivity contribution in [1.29, 1.82) is 0 Å². The zero-order valence-electron chi connectivity index (χ0n) is 11.2. The van der Waals surface area contributed by atoms with Crippen molar-refractivity contribution in [2.24, 2.45) is 0 Å². The summed E-state index contributed by atoms with van der Waals surface area (Å²) >= 11 is 0. The zero-order chi connectivity index (χ0) is 12.9. The van der Waals surface area contributed by atoms with Gasteiger partial charge in [-0.1, -0.05) is 38.2 Å². The van der Waals surface area contributed by atoms with E-state index in [4.69, 9.17) is 9.84 Å². The third-order valence-electron chi connectivity index (χ3n) is 2.79. The van der Waals surface area contributed by atoms with E-state index in [0.717, 1.165) is 25.7 Å². The highest BCUT2D eigenvalue weighted by molar-refractivity contribution is 5.87. The van der Waals surface area contributed by atoms with E-state index >= 15 is 0 Å². The summed E-state index contributed by atoms with van der Waals surface area (Å²) in [4.78, 5) is 11.3. The number of ether oxygens (including phenoxy) is 1. The van der Waals surface area contributed by atoms with Gasteiger partial charge in [0.2, 0.25) is 0 Å². The average Bonchev–Trinajstić information content (AvgIpc) is 2.35. The van der Waals surface area contributed by atoms with Crippen LogP contribution in [-0.2, 0) is 9.53 Å². The van der Waals surface area contributed by atoms with E-state index in [1.54, 1.807) is 13.0 Å². The van der Waals surface area contributed by atoms with Crippen LogP contribution in [0.4, 0.5) is 0 Å². The van der Waals surface area contributed by atoms with Crippen LogP contribution in [0, 0.1) is 0 Å². The molecule has 0 aliphatic rings. The van der Waals surface area contributed by atoms with E-state index in [9.17, 15) is 4.79 Å². The van der Waals surface area contributed by atoms with Crippen molar-refractivity contribution < 1.29 is 14.6 Å². The second kappa shape index (κ2) is 11.6. The first-order valence-electron chi connectivity index (χ1n) is 6.63. The first kappa shape index (κ1) is 16.2. The lowest BCUT2D eigenvalue weighted by Crippen LogP contribution is -2.06. The summed E-state index contributed by atoms with van der Waals surface area (Å²) in [7, 11) is 0. The molecule has 0 saturated carbocycles. The van der Waals surface area contributed by atoms with Gasteiger partial charge in [0, 0.05) is 12.2 Å². The van der Waals surface area contributed by atoms with Gasteiger partial charge in [0.05, 0.1) is 6.61 Å². The molecule has 0 aromatic carbocycles. The molecule has 3 heteroatoms. The molecule has 100 valence electrons. The summed E-state index contributed by atoms with van der Waals surface area (Å²) in [5, 5.41) is 8.60. The van der Waals surface area contributed by atoms with Gasteiger partial charge in [-0.05, 0) is 26.7 Å². The lowest BCUT2D eigenvalue weighted by Gasteiger charge is -2.04. The predicted octanol–water partition coefficient (Wildman–Crippen LogP) is 3.22. The van der Waals surface area contributed by atoms with Crippen molar-refractivity contribution in [2.75, 3.05) is 13.2 Å². The first-order valence-corrected chi connectivity index (χ1v) is 6.63. The summed E-state index contributed by atoms with van der Waals surface area (Å²) in [5.41, 5.74) is 0.675. The Morgan fingerprint density at radius 2 is 1.59 bits per heavy atom. The van der Waals surface area contributed by atoms with E-state index in [2.05, 4.69) is 0 Å². The molecule has 1 N–H and O–H groups in total. The molecule has 0 rings (SSSR count). The Balaban J connectivity index is 3.21. The number of carbonyl (C=O) groups is 1. The van der Waals surface area contributed by atoms with E-state index in [1.165, 1.54) is 19.3 Å². The van der Waals surface area contributed by atoms with Crippen LogP contribution in [-0.4, -0.2) is 24.3 Å². The zero-order valence-corrected chi connectivity index (χ0v) is 11.2. The minimum absolute atomic E-state index is 0.199. The normalized spacial score (nSPS) is 11.6. The molecule has 0 aromatic rings. The Labute approximate surface area is 105 Å². The number of unbranched alkanes of at least 4 members (excludes halogenated alkanes) is 6. The number of hydrogen-bond donors (Lipinski definition) is 1. The van der Waals surface area contributed by atoms with Gasteiger partial charge in [0.1, 0.15) is 0 Å². The maximum absolute atomic E-state index is 11.3. The number of aliphatic hydroxyl groups excluding tert-OH is 1.